The van der Waals surface area contributed by atoms with E-state index in [4.69, 9.17) is 14.5 Å². The second-order valence-corrected chi connectivity index (χ2v) is 7.70. The molecule has 0 radical (unpaired) electrons. The summed E-state index contributed by atoms with van der Waals surface area (Å²) in [5.41, 5.74) is 5.07. The summed E-state index contributed by atoms with van der Waals surface area (Å²) in [5.74, 6) is 2.27. The van der Waals surface area contributed by atoms with Crippen molar-refractivity contribution in [3.63, 3.8) is 0 Å². The third-order valence-electron chi connectivity index (χ3n) is 5.07. The van der Waals surface area contributed by atoms with Crippen molar-refractivity contribution >= 4 is 11.1 Å². The molecule has 0 saturated carbocycles. The lowest BCUT2D eigenvalue weighted by atomic mass is 10.1. The smallest absolute Gasteiger partial charge is 0.162 e. The maximum absolute atomic E-state index is 6.19. The van der Waals surface area contributed by atoms with E-state index in [0.29, 0.717) is 12.4 Å². The number of benzene rings is 2. The topological polar surface area (TPSA) is 48.7 Å². The number of imidazole rings is 1. The standard InChI is InChI=1S/C26H23N3O2/c1-18(2)31-23-12-11-21(15-24(23)30-17-19-7-4-3-5-8-19)26-28-25(20-9-6-10-20)22-16-27-13-14-29(22)26/h3-16,18H,17H2,1-2H3. The molecule has 0 spiro atoms. The van der Waals surface area contributed by atoms with E-state index in [1.165, 1.54) is 0 Å². The number of allylic oxidation sites excluding steroid dienone is 4. The highest BCUT2D eigenvalue weighted by atomic mass is 16.5. The van der Waals surface area contributed by atoms with Crippen LogP contribution in [-0.4, -0.2) is 20.5 Å². The second-order valence-electron chi connectivity index (χ2n) is 7.70. The summed E-state index contributed by atoms with van der Waals surface area (Å²) in [7, 11) is 0. The van der Waals surface area contributed by atoms with E-state index < -0.39 is 0 Å². The molecule has 31 heavy (non-hydrogen) atoms. The lowest BCUT2D eigenvalue weighted by molar-refractivity contribution is 0.218. The molecule has 0 aliphatic heterocycles. The summed E-state index contributed by atoms with van der Waals surface area (Å²) in [6.45, 7) is 4.49. The molecular formula is C26H23N3O2. The monoisotopic (exact) mass is 409 g/mol. The molecule has 0 fully saturated rings. The van der Waals surface area contributed by atoms with Crippen molar-refractivity contribution in [3.8, 4) is 22.9 Å². The summed E-state index contributed by atoms with van der Waals surface area (Å²) in [6.07, 6.45) is 11.8. The SMILES string of the molecule is CC(C)Oc1ccc(-c2nc(C3=CC=C3)c3cnccn23)cc1OCc1ccccc1. The average molecular weight is 409 g/mol. The molecule has 2 heterocycles. The lowest BCUT2D eigenvalue weighted by Gasteiger charge is -2.16. The molecule has 154 valence electrons. The van der Waals surface area contributed by atoms with E-state index >= 15 is 0 Å². The maximum Gasteiger partial charge on any atom is 0.162 e. The third kappa shape index (κ3) is 3.82. The molecular weight excluding hydrogens is 386 g/mol. The molecule has 0 amide bonds. The van der Waals surface area contributed by atoms with Crippen LogP contribution in [0.4, 0.5) is 0 Å². The molecule has 1 aliphatic rings. The van der Waals surface area contributed by atoms with Gasteiger partial charge in [-0.1, -0.05) is 48.6 Å². The Kier molecular flexibility index (Phi) is 5.00. The fourth-order valence-electron chi connectivity index (χ4n) is 3.55. The van der Waals surface area contributed by atoms with Crippen LogP contribution in [0, 0.1) is 0 Å². The minimum Gasteiger partial charge on any atom is -0.487 e. The molecule has 2 aromatic carbocycles. The Morgan fingerprint density at radius 1 is 1.03 bits per heavy atom. The maximum atomic E-state index is 6.19. The number of aromatic nitrogens is 3. The van der Waals surface area contributed by atoms with E-state index in [2.05, 4.69) is 21.5 Å². The summed E-state index contributed by atoms with van der Waals surface area (Å²) in [6, 6.07) is 16.1. The molecule has 0 N–H and O–H groups in total. The molecule has 0 saturated heterocycles. The quantitative estimate of drug-likeness (QED) is 0.392. The Morgan fingerprint density at radius 2 is 1.87 bits per heavy atom. The normalized spacial score (nSPS) is 12.7. The van der Waals surface area contributed by atoms with E-state index in [9.17, 15) is 0 Å². The van der Waals surface area contributed by atoms with Gasteiger partial charge in [0, 0.05) is 23.5 Å². The first-order chi connectivity index (χ1) is 15.2. The predicted octanol–water partition coefficient (Wildman–Crippen LogP) is 5.72. The van der Waals surface area contributed by atoms with Gasteiger partial charge in [0.05, 0.1) is 23.5 Å². The molecule has 5 heteroatoms. The molecule has 2 aromatic heterocycles. The first-order valence-corrected chi connectivity index (χ1v) is 10.4. The van der Waals surface area contributed by atoms with Crippen molar-refractivity contribution in [1.29, 1.82) is 0 Å². The Balaban J connectivity index is 1.55. The van der Waals surface area contributed by atoms with E-state index in [0.717, 1.165) is 39.5 Å². The van der Waals surface area contributed by atoms with Crippen LogP contribution in [-0.2, 0) is 6.61 Å². The van der Waals surface area contributed by atoms with Gasteiger partial charge in [-0.3, -0.25) is 9.38 Å². The molecule has 0 bridgehead atoms. The second kappa shape index (κ2) is 8.11. The number of fused-ring (bicyclic) bond motifs is 1. The van der Waals surface area contributed by atoms with Crippen molar-refractivity contribution in [2.75, 3.05) is 0 Å². The van der Waals surface area contributed by atoms with Gasteiger partial charge in [0.25, 0.3) is 0 Å². The largest absolute Gasteiger partial charge is 0.487 e. The van der Waals surface area contributed by atoms with E-state index in [1.807, 2.05) is 80.8 Å². The first kappa shape index (κ1) is 19.1. The van der Waals surface area contributed by atoms with Crippen LogP contribution >= 0.6 is 0 Å². The fraction of sp³-hybridized carbons (Fsp3) is 0.154. The van der Waals surface area contributed by atoms with Gasteiger partial charge in [-0.05, 0) is 37.6 Å². The minimum absolute atomic E-state index is 0.0483. The molecule has 4 aromatic rings. The number of hydrogen-bond donors (Lipinski definition) is 0. The van der Waals surface area contributed by atoms with Crippen LogP contribution in [0.15, 0.2) is 85.3 Å². The predicted molar refractivity (Wildman–Crippen MR) is 122 cm³/mol. The lowest BCUT2D eigenvalue weighted by Crippen LogP contribution is -2.07. The number of hydrogen-bond acceptors (Lipinski definition) is 4. The van der Waals surface area contributed by atoms with E-state index in [-0.39, 0.29) is 6.10 Å². The van der Waals surface area contributed by atoms with Crippen molar-refractivity contribution < 1.29 is 9.47 Å². The van der Waals surface area contributed by atoms with Gasteiger partial charge in [0.1, 0.15) is 12.4 Å². The Bertz CT molecular complexity index is 1290. The molecule has 0 unspecified atom stereocenters. The number of nitrogens with zero attached hydrogens (tertiary/aromatic N) is 3. The summed E-state index contributed by atoms with van der Waals surface area (Å²) in [4.78, 5) is 9.23. The summed E-state index contributed by atoms with van der Waals surface area (Å²) < 4.78 is 14.3. The van der Waals surface area contributed by atoms with Gasteiger partial charge in [-0.25, -0.2) is 4.98 Å². The van der Waals surface area contributed by atoms with Crippen LogP contribution in [0.5, 0.6) is 11.5 Å². The Labute approximate surface area is 181 Å². The van der Waals surface area contributed by atoms with Gasteiger partial charge >= 0.3 is 0 Å². The zero-order valence-corrected chi connectivity index (χ0v) is 17.5. The van der Waals surface area contributed by atoms with E-state index in [1.54, 1.807) is 6.20 Å². The average Bonchev–Trinajstić information content (AvgIpc) is 3.11. The summed E-state index contributed by atoms with van der Waals surface area (Å²) >= 11 is 0. The van der Waals surface area contributed by atoms with Gasteiger partial charge in [0.2, 0.25) is 0 Å². The van der Waals surface area contributed by atoms with Crippen molar-refractivity contribution in [3.05, 3.63) is 96.6 Å². The number of ether oxygens (including phenoxy) is 2. The molecule has 5 nitrogen and oxygen atoms in total. The summed E-state index contributed by atoms with van der Waals surface area (Å²) in [5, 5.41) is 0. The zero-order valence-electron chi connectivity index (χ0n) is 17.5. The molecule has 5 rings (SSSR count). The minimum atomic E-state index is 0.0483. The van der Waals surface area contributed by atoms with Crippen LogP contribution in [0.25, 0.3) is 22.5 Å². The van der Waals surface area contributed by atoms with Crippen LogP contribution in [0.2, 0.25) is 0 Å². The van der Waals surface area contributed by atoms with Gasteiger partial charge < -0.3 is 9.47 Å². The number of rotatable bonds is 7. The third-order valence-corrected chi connectivity index (χ3v) is 5.07. The van der Waals surface area contributed by atoms with Crippen molar-refractivity contribution in [2.45, 2.75) is 26.6 Å². The van der Waals surface area contributed by atoms with Crippen LogP contribution < -0.4 is 9.47 Å². The van der Waals surface area contributed by atoms with Crippen molar-refractivity contribution in [2.24, 2.45) is 0 Å². The van der Waals surface area contributed by atoms with Gasteiger partial charge in [-0.15, -0.1) is 0 Å². The van der Waals surface area contributed by atoms with Crippen LogP contribution in [0.1, 0.15) is 25.1 Å². The zero-order chi connectivity index (χ0) is 21.2. The van der Waals surface area contributed by atoms with Gasteiger partial charge in [-0.2, -0.15) is 0 Å². The Hall–Kier alpha value is -3.86. The highest BCUT2D eigenvalue weighted by Crippen LogP contribution is 2.36. The van der Waals surface area contributed by atoms with Gasteiger partial charge in [0.15, 0.2) is 11.5 Å². The van der Waals surface area contributed by atoms with Crippen LogP contribution in [0.3, 0.4) is 0 Å². The first-order valence-electron chi connectivity index (χ1n) is 10.4. The molecule has 1 aliphatic carbocycles. The highest BCUT2D eigenvalue weighted by molar-refractivity contribution is 5.88. The van der Waals surface area contributed by atoms with Crippen molar-refractivity contribution in [1.82, 2.24) is 14.4 Å². The molecule has 0 atom stereocenters. The highest BCUT2D eigenvalue weighted by Gasteiger charge is 2.18. The Morgan fingerprint density at radius 3 is 2.61 bits per heavy atom. The fourth-order valence-corrected chi connectivity index (χ4v) is 3.55.